The van der Waals surface area contributed by atoms with Crippen molar-refractivity contribution in [3.63, 3.8) is 0 Å². The molecule has 2 nitrogen and oxygen atoms in total. The van der Waals surface area contributed by atoms with Crippen molar-refractivity contribution in [2.24, 2.45) is 5.73 Å². The van der Waals surface area contributed by atoms with Crippen molar-refractivity contribution in [3.05, 3.63) is 29.3 Å². The summed E-state index contributed by atoms with van der Waals surface area (Å²) in [7, 11) is 0. The van der Waals surface area contributed by atoms with Crippen molar-refractivity contribution < 1.29 is 0 Å². The van der Waals surface area contributed by atoms with E-state index in [0.29, 0.717) is 12.1 Å². The van der Waals surface area contributed by atoms with Gasteiger partial charge in [0.05, 0.1) is 0 Å². The second-order valence-corrected chi connectivity index (χ2v) is 6.30. The lowest BCUT2D eigenvalue weighted by atomic mass is 9.94. The van der Waals surface area contributed by atoms with Gasteiger partial charge in [-0.2, -0.15) is 0 Å². The maximum atomic E-state index is 6.46. The molecule has 0 radical (unpaired) electrons. The number of hydrogen-bond donors (Lipinski definition) is 1. The Morgan fingerprint density at radius 1 is 1.11 bits per heavy atom. The van der Waals surface area contributed by atoms with Gasteiger partial charge < -0.3 is 10.6 Å². The summed E-state index contributed by atoms with van der Waals surface area (Å²) < 4.78 is 0. The fourth-order valence-electron chi connectivity index (χ4n) is 3.80. The predicted molar refractivity (Wildman–Crippen MR) is 81.7 cm³/mol. The highest BCUT2D eigenvalue weighted by atomic mass is 15.2. The number of anilines is 1. The van der Waals surface area contributed by atoms with E-state index in [4.69, 9.17) is 5.73 Å². The maximum Gasteiger partial charge on any atom is 0.0441 e. The van der Waals surface area contributed by atoms with Crippen LogP contribution in [0.25, 0.3) is 0 Å². The minimum Gasteiger partial charge on any atom is -0.367 e. The first-order valence-corrected chi connectivity index (χ1v) is 7.87. The third kappa shape index (κ3) is 2.64. The van der Waals surface area contributed by atoms with Gasteiger partial charge in [-0.15, -0.1) is 0 Å². The van der Waals surface area contributed by atoms with Crippen LogP contribution in [0.5, 0.6) is 0 Å². The molecule has 2 atom stereocenters. The van der Waals surface area contributed by atoms with Crippen LogP contribution < -0.4 is 10.6 Å². The molecule has 2 aliphatic rings. The van der Waals surface area contributed by atoms with Gasteiger partial charge in [0.1, 0.15) is 0 Å². The molecular weight excluding hydrogens is 232 g/mol. The van der Waals surface area contributed by atoms with E-state index in [2.05, 4.69) is 30.0 Å². The molecule has 0 amide bonds. The van der Waals surface area contributed by atoms with Gasteiger partial charge in [0, 0.05) is 24.3 Å². The number of nitrogens with two attached hydrogens (primary N) is 1. The Balaban J connectivity index is 1.89. The summed E-state index contributed by atoms with van der Waals surface area (Å²) in [5, 5.41) is 0. The number of fused-ring (bicyclic) bond motifs is 1. The van der Waals surface area contributed by atoms with Crippen LogP contribution in [0, 0.1) is 6.92 Å². The average molecular weight is 258 g/mol. The van der Waals surface area contributed by atoms with Gasteiger partial charge in [-0.1, -0.05) is 37.0 Å². The molecule has 3 rings (SSSR count). The van der Waals surface area contributed by atoms with Gasteiger partial charge in [0.15, 0.2) is 0 Å². The zero-order valence-corrected chi connectivity index (χ0v) is 12.1. The van der Waals surface area contributed by atoms with Crippen LogP contribution in [-0.2, 0) is 6.42 Å². The lowest BCUT2D eigenvalue weighted by molar-refractivity contribution is 0.450. The van der Waals surface area contributed by atoms with E-state index < -0.39 is 0 Å². The van der Waals surface area contributed by atoms with E-state index in [1.54, 1.807) is 0 Å². The van der Waals surface area contributed by atoms with Crippen LogP contribution in [0.3, 0.4) is 0 Å². The molecule has 0 aromatic heterocycles. The summed E-state index contributed by atoms with van der Waals surface area (Å²) in [5.74, 6) is 0. The van der Waals surface area contributed by atoms with Crippen LogP contribution in [0.15, 0.2) is 18.2 Å². The van der Waals surface area contributed by atoms with Crippen LogP contribution in [0.4, 0.5) is 5.69 Å². The lowest BCUT2D eigenvalue weighted by Crippen LogP contribution is -2.49. The molecule has 2 N–H and O–H groups in total. The Bertz CT molecular complexity index is 441. The van der Waals surface area contributed by atoms with E-state index in [-0.39, 0.29) is 0 Å². The van der Waals surface area contributed by atoms with Crippen molar-refractivity contribution in [1.82, 2.24) is 0 Å². The Labute approximate surface area is 117 Å². The zero-order valence-electron chi connectivity index (χ0n) is 12.1. The Hall–Kier alpha value is -1.02. The molecule has 2 unspecified atom stereocenters. The second-order valence-electron chi connectivity index (χ2n) is 6.30. The summed E-state index contributed by atoms with van der Waals surface area (Å²) in [5.41, 5.74) is 10.8. The fourth-order valence-corrected chi connectivity index (χ4v) is 3.80. The molecule has 1 saturated carbocycles. The number of aryl methyl sites for hydroxylation is 2. The van der Waals surface area contributed by atoms with Crippen molar-refractivity contribution >= 4 is 5.69 Å². The van der Waals surface area contributed by atoms with E-state index in [9.17, 15) is 0 Å². The molecule has 104 valence electrons. The maximum absolute atomic E-state index is 6.46. The van der Waals surface area contributed by atoms with Crippen molar-refractivity contribution in [2.75, 3.05) is 11.4 Å². The number of hydrogen-bond acceptors (Lipinski definition) is 2. The van der Waals surface area contributed by atoms with Gasteiger partial charge in [-0.25, -0.2) is 0 Å². The molecule has 1 heterocycles. The van der Waals surface area contributed by atoms with E-state index in [1.165, 1.54) is 68.3 Å². The van der Waals surface area contributed by atoms with E-state index >= 15 is 0 Å². The summed E-state index contributed by atoms with van der Waals surface area (Å²) in [6.45, 7) is 3.38. The first-order chi connectivity index (χ1) is 9.25. The molecule has 2 heteroatoms. The van der Waals surface area contributed by atoms with Crippen molar-refractivity contribution in [2.45, 2.75) is 64.0 Å². The van der Waals surface area contributed by atoms with Gasteiger partial charge in [-0.3, -0.25) is 0 Å². The van der Waals surface area contributed by atoms with Crippen molar-refractivity contribution in [1.29, 1.82) is 0 Å². The second kappa shape index (κ2) is 5.54. The Morgan fingerprint density at radius 3 is 2.84 bits per heavy atom. The molecular formula is C17H26N2. The minimum absolute atomic E-state index is 0.356. The quantitative estimate of drug-likeness (QED) is 0.782. The van der Waals surface area contributed by atoms with Crippen LogP contribution in [-0.4, -0.2) is 18.6 Å². The predicted octanol–water partition coefficient (Wildman–Crippen LogP) is 3.41. The monoisotopic (exact) mass is 258 g/mol. The zero-order chi connectivity index (χ0) is 13.2. The van der Waals surface area contributed by atoms with Gasteiger partial charge in [0.25, 0.3) is 0 Å². The molecule has 1 aliphatic carbocycles. The topological polar surface area (TPSA) is 29.3 Å². The van der Waals surface area contributed by atoms with E-state index in [1.807, 2.05) is 0 Å². The molecule has 1 fully saturated rings. The molecule has 0 bridgehead atoms. The Kier molecular flexibility index (Phi) is 3.79. The fraction of sp³-hybridized carbons (Fsp3) is 0.647. The summed E-state index contributed by atoms with van der Waals surface area (Å²) >= 11 is 0. The molecule has 0 saturated heterocycles. The highest BCUT2D eigenvalue weighted by molar-refractivity contribution is 5.57. The van der Waals surface area contributed by atoms with Gasteiger partial charge in [0.2, 0.25) is 0 Å². The first kappa shape index (κ1) is 13.0. The molecule has 19 heavy (non-hydrogen) atoms. The summed E-state index contributed by atoms with van der Waals surface area (Å²) in [6.07, 6.45) is 8.99. The third-order valence-corrected chi connectivity index (χ3v) is 4.82. The molecule has 0 spiro atoms. The summed E-state index contributed by atoms with van der Waals surface area (Å²) in [4.78, 5) is 2.62. The number of nitrogens with zero attached hydrogens (tertiary/aromatic N) is 1. The smallest absolute Gasteiger partial charge is 0.0441 e. The van der Waals surface area contributed by atoms with Crippen LogP contribution >= 0.6 is 0 Å². The van der Waals surface area contributed by atoms with Crippen molar-refractivity contribution in [3.8, 4) is 0 Å². The lowest BCUT2D eigenvalue weighted by Gasteiger charge is -2.40. The van der Waals surface area contributed by atoms with E-state index in [0.717, 1.165) is 0 Å². The highest BCUT2D eigenvalue weighted by Gasteiger charge is 2.29. The molecule has 1 aromatic carbocycles. The largest absolute Gasteiger partial charge is 0.367 e. The number of benzene rings is 1. The SMILES string of the molecule is Cc1ccc2c(c1)CCCN2C1CCCCCC1N. The number of rotatable bonds is 1. The standard InChI is InChI=1S/C17H26N2/c1-13-9-10-16-14(12-13)6-5-11-19(16)17-8-4-2-3-7-15(17)18/h9-10,12,15,17H,2-8,11,18H2,1H3. The first-order valence-electron chi connectivity index (χ1n) is 7.87. The van der Waals surface area contributed by atoms with Crippen LogP contribution in [0.2, 0.25) is 0 Å². The average Bonchev–Trinajstić information content (AvgIpc) is 2.62. The minimum atomic E-state index is 0.356. The van der Waals surface area contributed by atoms with Crippen LogP contribution in [0.1, 0.15) is 49.7 Å². The highest BCUT2D eigenvalue weighted by Crippen LogP contribution is 2.33. The summed E-state index contributed by atoms with van der Waals surface area (Å²) in [6, 6.07) is 7.85. The van der Waals surface area contributed by atoms with Gasteiger partial charge in [-0.05, 0) is 44.2 Å². The Morgan fingerprint density at radius 2 is 1.95 bits per heavy atom. The third-order valence-electron chi connectivity index (χ3n) is 4.82. The normalized spacial score (nSPS) is 27.8. The molecule has 1 aliphatic heterocycles. The molecule has 1 aromatic rings. The van der Waals surface area contributed by atoms with Gasteiger partial charge >= 0.3 is 0 Å².